The van der Waals surface area contributed by atoms with Gasteiger partial charge in [0.1, 0.15) is 0 Å². The Morgan fingerprint density at radius 3 is 2.30 bits per heavy atom. The van der Waals surface area contributed by atoms with Crippen LogP contribution in [0.3, 0.4) is 0 Å². The van der Waals surface area contributed by atoms with Crippen molar-refractivity contribution in [2.24, 2.45) is 0 Å². The van der Waals surface area contributed by atoms with Crippen molar-refractivity contribution in [2.75, 3.05) is 20.1 Å². The van der Waals surface area contributed by atoms with E-state index in [1.807, 2.05) is 13.2 Å². The first-order chi connectivity index (χ1) is 9.31. The van der Waals surface area contributed by atoms with E-state index in [-0.39, 0.29) is 11.6 Å². The molecule has 116 valence electrons. The van der Waals surface area contributed by atoms with E-state index in [1.54, 1.807) is 0 Å². The molecule has 0 fully saturated rings. The van der Waals surface area contributed by atoms with Crippen molar-refractivity contribution in [1.29, 1.82) is 0 Å². The number of rotatable bonds is 7. The van der Waals surface area contributed by atoms with Crippen LogP contribution in [0.4, 0.5) is 0 Å². The first-order valence-electron chi connectivity index (χ1n) is 7.46. The van der Waals surface area contributed by atoms with Gasteiger partial charge < -0.3 is 5.32 Å². The van der Waals surface area contributed by atoms with E-state index in [0.717, 1.165) is 17.6 Å². The second kappa shape index (κ2) is 7.05. The molecular weight excluding hydrogens is 316 g/mol. The molecule has 1 aromatic rings. The van der Waals surface area contributed by atoms with Crippen molar-refractivity contribution in [3.8, 4) is 0 Å². The average molecular weight is 345 g/mol. The molecule has 0 saturated heterocycles. The van der Waals surface area contributed by atoms with Gasteiger partial charge in [0, 0.05) is 11.6 Å². The SMILES string of the molecule is CCN(CC)C(C)(C)C(NC)c1c(Br)cnn1C(C)C. The van der Waals surface area contributed by atoms with Crippen LogP contribution in [-0.4, -0.2) is 40.4 Å². The van der Waals surface area contributed by atoms with Crippen LogP contribution in [-0.2, 0) is 0 Å². The number of halogens is 1. The fourth-order valence-electron chi connectivity index (χ4n) is 3.08. The number of hydrogen-bond acceptors (Lipinski definition) is 3. The molecule has 0 aliphatic rings. The topological polar surface area (TPSA) is 33.1 Å². The maximum Gasteiger partial charge on any atom is 0.0717 e. The van der Waals surface area contributed by atoms with Gasteiger partial charge in [-0.1, -0.05) is 13.8 Å². The molecule has 1 heterocycles. The summed E-state index contributed by atoms with van der Waals surface area (Å²) in [5.41, 5.74) is 1.23. The minimum atomic E-state index is 0.00738. The summed E-state index contributed by atoms with van der Waals surface area (Å²) in [6, 6.07) is 0.557. The Bertz CT molecular complexity index is 422. The summed E-state index contributed by atoms with van der Waals surface area (Å²) in [6.45, 7) is 15.4. The molecule has 5 heteroatoms. The number of likely N-dealkylation sites (N-methyl/N-ethyl adjacent to an activating group) is 2. The van der Waals surface area contributed by atoms with Gasteiger partial charge in [-0.25, -0.2) is 0 Å². The molecule has 0 saturated carbocycles. The maximum absolute atomic E-state index is 4.52. The summed E-state index contributed by atoms with van der Waals surface area (Å²) in [7, 11) is 2.03. The van der Waals surface area contributed by atoms with Gasteiger partial charge in [-0.2, -0.15) is 5.10 Å². The smallest absolute Gasteiger partial charge is 0.0717 e. The normalized spacial score (nSPS) is 14.3. The Morgan fingerprint density at radius 2 is 1.90 bits per heavy atom. The molecule has 0 aromatic carbocycles. The maximum atomic E-state index is 4.52. The van der Waals surface area contributed by atoms with Crippen LogP contribution in [0, 0.1) is 0 Å². The lowest BCUT2D eigenvalue weighted by Gasteiger charge is -2.43. The van der Waals surface area contributed by atoms with Crippen molar-refractivity contribution in [2.45, 2.75) is 59.2 Å². The molecule has 0 radical (unpaired) electrons. The Morgan fingerprint density at radius 1 is 1.35 bits per heavy atom. The summed E-state index contributed by atoms with van der Waals surface area (Å²) in [4.78, 5) is 2.48. The molecule has 0 amide bonds. The standard InChI is InChI=1S/C15H29BrN4/c1-8-19(9-2)15(5,6)14(17-7)13-12(16)10-18-20(13)11(3)4/h10-11,14,17H,8-9H2,1-7H3. The molecule has 0 aliphatic carbocycles. The third kappa shape index (κ3) is 3.26. The zero-order chi connectivity index (χ0) is 15.5. The second-order valence-corrected chi connectivity index (χ2v) is 6.82. The third-order valence-corrected chi connectivity index (χ3v) is 4.73. The molecule has 20 heavy (non-hydrogen) atoms. The number of nitrogens with zero attached hydrogens (tertiary/aromatic N) is 3. The molecule has 1 unspecified atom stereocenters. The van der Waals surface area contributed by atoms with Crippen molar-refractivity contribution < 1.29 is 0 Å². The van der Waals surface area contributed by atoms with Gasteiger partial charge in [0.15, 0.2) is 0 Å². The highest BCUT2D eigenvalue weighted by Crippen LogP contribution is 2.35. The van der Waals surface area contributed by atoms with Crippen molar-refractivity contribution in [1.82, 2.24) is 20.0 Å². The molecule has 1 rings (SSSR count). The molecule has 0 bridgehead atoms. The molecule has 0 aliphatic heterocycles. The lowest BCUT2D eigenvalue weighted by molar-refractivity contribution is 0.0899. The molecule has 0 spiro atoms. The van der Waals surface area contributed by atoms with Gasteiger partial charge in [0.2, 0.25) is 0 Å². The summed E-state index contributed by atoms with van der Waals surface area (Å²) in [5, 5.41) is 8.02. The zero-order valence-electron chi connectivity index (χ0n) is 13.9. The zero-order valence-corrected chi connectivity index (χ0v) is 15.5. The van der Waals surface area contributed by atoms with Gasteiger partial charge in [0.05, 0.1) is 22.4 Å². The highest BCUT2D eigenvalue weighted by Gasteiger charge is 2.37. The quantitative estimate of drug-likeness (QED) is 0.820. The largest absolute Gasteiger partial charge is 0.310 e. The van der Waals surface area contributed by atoms with E-state index in [2.05, 4.69) is 77.5 Å². The summed E-state index contributed by atoms with van der Waals surface area (Å²) in [6.07, 6.45) is 1.90. The fraction of sp³-hybridized carbons (Fsp3) is 0.800. The number of hydrogen-bond donors (Lipinski definition) is 1. The molecule has 1 aromatic heterocycles. The Labute approximate surface area is 132 Å². The van der Waals surface area contributed by atoms with Crippen molar-refractivity contribution >= 4 is 15.9 Å². The second-order valence-electron chi connectivity index (χ2n) is 5.96. The third-order valence-electron chi connectivity index (χ3n) is 4.12. The van der Waals surface area contributed by atoms with Crippen molar-refractivity contribution in [3.63, 3.8) is 0 Å². The minimum absolute atomic E-state index is 0.00738. The van der Waals surface area contributed by atoms with Gasteiger partial charge in [-0.15, -0.1) is 0 Å². The van der Waals surface area contributed by atoms with Crippen LogP contribution in [0.2, 0.25) is 0 Å². The van der Waals surface area contributed by atoms with Gasteiger partial charge in [-0.05, 0) is 63.8 Å². The van der Waals surface area contributed by atoms with E-state index >= 15 is 0 Å². The van der Waals surface area contributed by atoms with Crippen LogP contribution in [0.15, 0.2) is 10.7 Å². The summed E-state index contributed by atoms with van der Waals surface area (Å²) >= 11 is 3.67. The molecule has 1 atom stereocenters. The summed E-state index contributed by atoms with van der Waals surface area (Å²) < 4.78 is 3.18. The Kier molecular flexibility index (Phi) is 6.23. The average Bonchev–Trinajstić information content (AvgIpc) is 2.73. The van der Waals surface area contributed by atoms with Gasteiger partial charge in [0.25, 0.3) is 0 Å². The lowest BCUT2D eigenvalue weighted by Crippen LogP contribution is -2.52. The minimum Gasteiger partial charge on any atom is -0.310 e. The van der Waals surface area contributed by atoms with Crippen LogP contribution in [0.1, 0.15) is 59.3 Å². The highest BCUT2D eigenvalue weighted by atomic mass is 79.9. The van der Waals surface area contributed by atoms with E-state index < -0.39 is 0 Å². The van der Waals surface area contributed by atoms with Crippen LogP contribution in [0.25, 0.3) is 0 Å². The van der Waals surface area contributed by atoms with E-state index in [1.165, 1.54) is 5.69 Å². The monoisotopic (exact) mass is 344 g/mol. The van der Waals surface area contributed by atoms with Crippen LogP contribution >= 0.6 is 15.9 Å². The summed E-state index contributed by atoms with van der Waals surface area (Å²) in [5.74, 6) is 0. The van der Waals surface area contributed by atoms with E-state index in [0.29, 0.717) is 6.04 Å². The fourth-order valence-corrected chi connectivity index (χ4v) is 3.58. The lowest BCUT2D eigenvalue weighted by atomic mass is 9.89. The van der Waals surface area contributed by atoms with Crippen LogP contribution in [0.5, 0.6) is 0 Å². The molecule has 1 N–H and O–H groups in total. The van der Waals surface area contributed by atoms with E-state index in [4.69, 9.17) is 0 Å². The van der Waals surface area contributed by atoms with Crippen molar-refractivity contribution in [3.05, 3.63) is 16.4 Å². The predicted molar refractivity (Wildman–Crippen MR) is 89.1 cm³/mol. The number of nitrogens with one attached hydrogen (secondary N) is 1. The van der Waals surface area contributed by atoms with Gasteiger partial charge >= 0.3 is 0 Å². The Hall–Kier alpha value is -0.390. The van der Waals surface area contributed by atoms with E-state index in [9.17, 15) is 0 Å². The highest BCUT2D eigenvalue weighted by molar-refractivity contribution is 9.10. The van der Waals surface area contributed by atoms with Crippen LogP contribution < -0.4 is 5.32 Å². The number of aromatic nitrogens is 2. The molecule has 4 nitrogen and oxygen atoms in total. The predicted octanol–water partition coefficient (Wildman–Crippen LogP) is 3.61. The molecular formula is C15H29BrN4. The van der Waals surface area contributed by atoms with Gasteiger partial charge in [-0.3, -0.25) is 9.58 Å². The Balaban J connectivity index is 3.29. The first kappa shape index (κ1) is 17.7. The first-order valence-corrected chi connectivity index (χ1v) is 8.25.